The largest absolute Gasteiger partial charge is 0.309 e. The van der Waals surface area contributed by atoms with Gasteiger partial charge in [0.2, 0.25) is 5.91 Å². The second kappa shape index (κ2) is 7.15. The number of carbonyl (C=O) groups is 2. The lowest BCUT2D eigenvalue weighted by molar-refractivity contribution is -0.135. The molecule has 0 radical (unpaired) electrons. The van der Waals surface area contributed by atoms with Gasteiger partial charge in [-0.05, 0) is 35.9 Å². The second-order valence-electron chi connectivity index (χ2n) is 7.53. The molecule has 2 aliphatic rings. The summed E-state index contributed by atoms with van der Waals surface area (Å²) in [6.45, 7) is 0.942. The van der Waals surface area contributed by atoms with Crippen molar-refractivity contribution in [3.63, 3.8) is 0 Å². The van der Waals surface area contributed by atoms with Gasteiger partial charge in [-0.15, -0.1) is 0 Å². The van der Waals surface area contributed by atoms with Crippen molar-refractivity contribution in [2.24, 2.45) is 0 Å². The standard InChI is InChI=1S/C24H18Cl2N2O2/c25-18-9-5-16(6-10-18)15-22(29)27-13-14-28-23(30)20-3-1-2-4-21(20)24(27,28)17-7-11-19(26)12-8-17/h1-12H,13-15H2. The molecule has 2 amide bonds. The average molecular weight is 437 g/mol. The predicted octanol–water partition coefficient (Wildman–Crippen LogP) is 4.74. The van der Waals surface area contributed by atoms with E-state index in [4.69, 9.17) is 23.2 Å². The number of hydrogen-bond donors (Lipinski definition) is 0. The minimum atomic E-state index is -0.957. The third kappa shape index (κ3) is 2.75. The molecule has 150 valence electrons. The monoisotopic (exact) mass is 436 g/mol. The van der Waals surface area contributed by atoms with Crippen molar-refractivity contribution in [1.29, 1.82) is 0 Å². The topological polar surface area (TPSA) is 40.6 Å². The van der Waals surface area contributed by atoms with Gasteiger partial charge in [-0.3, -0.25) is 9.59 Å². The number of halogens is 2. The summed E-state index contributed by atoms with van der Waals surface area (Å²) in [7, 11) is 0. The zero-order chi connectivity index (χ0) is 20.9. The fourth-order valence-corrected chi connectivity index (χ4v) is 4.91. The Kier molecular flexibility index (Phi) is 4.57. The van der Waals surface area contributed by atoms with Gasteiger partial charge in [0.05, 0.1) is 6.42 Å². The Bertz CT molecular complexity index is 1140. The zero-order valence-electron chi connectivity index (χ0n) is 16.0. The van der Waals surface area contributed by atoms with Gasteiger partial charge in [-0.25, -0.2) is 0 Å². The van der Waals surface area contributed by atoms with Gasteiger partial charge in [0.25, 0.3) is 5.91 Å². The molecule has 0 N–H and O–H groups in total. The number of rotatable bonds is 3. The molecule has 1 atom stereocenters. The van der Waals surface area contributed by atoms with Crippen LogP contribution in [0.3, 0.4) is 0 Å². The van der Waals surface area contributed by atoms with Gasteiger partial charge in [-0.1, -0.05) is 65.7 Å². The molecular weight excluding hydrogens is 419 g/mol. The first kappa shape index (κ1) is 19.2. The lowest BCUT2D eigenvalue weighted by Gasteiger charge is -2.40. The van der Waals surface area contributed by atoms with Crippen LogP contribution in [0.1, 0.15) is 27.0 Å². The molecule has 0 aliphatic carbocycles. The molecule has 1 fully saturated rings. The van der Waals surface area contributed by atoms with E-state index in [2.05, 4.69) is 0 Å². The van der Waals surface area contributed by atoms with Crippen molar-refractivity contribution in [1.82, 2.24) is 9.80 Å². The Morgan fingerprint density at radius 2 is 1.50 bits per heavy atom. The molecule has 2 aliphatic heterocycles. The quantitative estimate of drug-likeness (QED) is 0.594. The van der Waals surface area contributed by atoms with E-state index in [1.165, 1.54) is 0 Å². The first-order chi connectivity index (χ1) is 14.5. The molecule has 0 bridgehead atoms. The molecular formula is C24H18Cl2N2O2. The second-order valence-corrected chi connectivity index (χ2v) is 8.40. The Hall–Kier alpha value is -2.82. The summed E-state index contributed by atoms with van der Waals surface area (Å²) in [5.41, 5.74) is 2.25. The molecule has 30 heavy (non-hydrogen) atoms. The molecule has 4 nitrogen and oxygen atoms in total. The summed E-state index contributed by atoms with van der Waals surface area (Å²) in [5, 5.41) is 1.24. The molecule has 1 saturated heterocycles. The van der Waals surface area contributed by atoms with Gasteiger partial charge in [0.1, 0.15) is 0 Å². The van der Waals surface area contributed by atoms with Gasteiger partial charge >= 0.3 is 0 Å². The van der Waals surface area contributed by atoms with Crippen molar-refractivity contribution in [3.05, 3.63) is 105 Å². The first-order valence-corrected chi connectivity index (χ1v) is 10.5. The van der Waals surface area contributed by atoms with Crippen molar-refractivity contribution < 1.29 is 9.59 Å². The van der Waals surface area contributed by atoms with Gasteiger partial charge in [0, 0.05) is 39.8 Å². The van der Waals surface area contributed by atoms with Crippen molar-refractivity contribution >= 4 is 35.0 Å². The highest BCUT2D eigenvalue weighted by molar-refractivity contribution is 6.30. The fraction of sp³-hybridized carbons (Fsp3) is 0.167. The summed E-state index contributed by atoms with van der Waals surface area (Å²) in [6, 6.07) is 22.2. The molecule has 6 heteroatoms. The van der Waals surface area contributed by atoms with E-state index in [-0.39, 0.29) is 18.2 Å². The van der Waals surface area contributed by atoms with Crippen LogP contribution >= 0.6 is 23.2 Å². The maximum Gasteiger partial charge on any atom is 0.256 e. The molecule has 5 rings (SSSR count). The van der Waals surface area contributed by atoms with Crippen LogP contribution in [0.25, 0.3) is 0 Å². The summed E-state index contributed by atoms with van der Waals surface area (Å²) >= 11 is 12.1. The van der Waals surface area contributed by atoms with Crippen LogP contribution in [0, 0.1) is 0 Å². The molecule has 1 unspecified atom stereocenters. The SMILES string of the molecule is O=C(Cc1ccc(Cl)cc1)N1CCN2C(=O)c3ccccc3C12c1ccc(Cl)cc1. The van der Waals surface area contributed by atoms with Crippen LogP contribution in [0.2, 0.25) is 10.0 Å². The van der Waals surface area contributed by atoms with E-state index < -0.39 is 5.66 Å². The zero-order valence-corrected chi connectivity index (χ0v) is 17.5. The van der Waals surface area contributed by atoms with E-state index in [0.29, 0.717) is 28.7 Å². The first-order valence-electron chi connectivity index (χ1n) is 9.74. The number of hydrogen-bond acceptors (Lipinski definition) is 2. The normalized spacial score (nSPS) is 19.7. The van der Waals surface area contributed by atoms with Gasteiger partial charge < -0.3 is 9.80 Å². The Balaban J connectivity index is 1.64. The number of benzene rings is 3. The van der Waals surface area contributed by atoms with Gasteiger partial charge in [-0.2, -0.15) is 0 Å². The molecule has 0 aromatic heterocycles. The fourth-order valence-electron chi connectivity index (χ4n) is 4.65. The highest BCUT2D eigenvalue weighted by Gasteiger charge is 2.59. The molecule has 0 saturated carbocycles. The Morgan fingerprint density at radius 3 is 2.20 bits per heavy atom. The highest BCUT2D eigenvalue weighted by Crippen LogP contribution is 2.49. The van der Waals surface area contributed by atoms with E-state index >= 15 is 0 Å². The molecule has 3 aromatic rings. The number of amides is 2. The van der Waals surface area contributed by atoms with Crippen LogP contribution in [0.5, 0.6) is 0 Å². The summed E-state index contributed by atoms with van der Waals surface area (Å²) in [5.74, 6) is -0.0957. The van der Waals surface area contributed by atoms with Crippen LogP contribution in [-0.2, 0) is 16.9 Å². The molecule has 3 aromatic carbocycles. The predicted molar refractivity (Wildman–Crippen MR) is 117 cm³/mol. The van der Waals surface area contributed by atoms with E-state index in [1.807, 2.05) is 53.4 Å². The van der Waals surface area contributed by atoms with E-state index in [9.17, 15) is 9.59 Å². The highest BCUT2D eigenvalue weighted by atomic mass is 35.5. The van der Waals surface area contributed by atoms with Crippen LogP contribution < -0.4 is 0 Å². The average Bonchev–Trinajstić information content (AvgIpc) is 3.26. The van der Waals surface area contributed by atoms with Crippen molar-refractivity contribution in [2.75, 3.05) is 13.1 Å². The van der Waals surface area contributed by atoms with E-state index in [1.54, 1.807) is 29.2 Å². The Morgan fingerprint density at radius 1 is 0.867 bits per heavy atom. The van der Waals surface area contributed by atoms with Gasteiger partial charge in [0.15, 0.2) is 5.66 Å². The number of fused-ring (bicyclic) bond motifs is 3. The summed E-state index contributed by atoms with van der Waals surface area (Å²) in [4.78, 5) is 30.4. The van der Waals surface area contributed by atoms with Crippen LogP contribution in [0.4, 0.5) is 0 Å². The Labute approximate surface area is 184 Å². The lowest BCUT2D eigenvalue weighted by atomic mass is 9.89. The maximum atomic E-state index is 13.5. The van der Waals surface area contributed by atoms with E-state index in [0.717, 1.165) is 16.7 Å². The molecule has 2 heterocycles. The van der Waals surface area contributed by atoms with Crippen LogP contribution in [-0.4, -0.2) is 34.7 Å². The lowest BCUT2D eigenvalue weighted by Crippen LogP contribution is -2.52. The minimum Gasteiger partial charge on any atom is -0.309 e. The number of carbonyl (C=O) groups excluding carboxylic acids is 2. The molecule has 0 spiro atoms. The number of nitrogens with zero attached hydrogens (tertiary/aromatic N) is 2. The summed E-state index contributed by atoms with van der Waals surface area (Å²) < 4.78 is 0. The third-order valence-electron chi connectivity index (χ3n) is 5.92. The minimum absolute atomic E-state index is 0.0423. The third-order valence-corrected chi connectivity index (χ3v) is 6.43. The summed E-state index contributed by atoms with van der Waals surface area (Å²) in [6.07, 6.45) is 0.233. The van der Waals surface area contributed by atoms with Crippen LogP contribution in [0.15, 0.2) is 72.8 Å². The van der Waals surface area contributed by atoms with Crippen molar-refractivity contribution in [2.45, 2.75) is 12.1 Å². The smallest absolute Gasteiger partial charge is 0.256 e. The maximum absolute atomic E-state index is 13.5. The van der Waals surface area contributed by atoms with Crippen molar-refractivity contribution in [3.8, 4) is 0 Å².